The SMILES string of the molecule is Cc1ccc([Si](C)(C)c2cccc(N(C)C)c2)cc1. The molecule has 0 saturated heterocycles. The molecule has 0 amide bonds. The molecule has 2 heteroatoms. The lowest BCUT2D eigenvalue weighted by molar-refractivity contribution is 1.13. The Bertz CT molecular complexity index is 556. The minimum absolute atomic E-state index is 1.28. The van der Waals surface area contributed by atoms with E-state index in [4.69, 9.17) is 0 Å². The summed E-state index contributed by atoms with van der Waals surface area (Å²) in [7, 11) is 2.61. The molecule has 1 nitrogen and oxygen atoms in total. The summed E-state index contributed by atoms with van der Waals surface area (Å²) < 4.78 is 0. The monoisotopic (exact) mass is 269 g/mol. The van der Waals surface area contributed by atoms with Gasteiger partial charge in [0.2, 0.25) is 0 Å². The Morgan fingerprint density at radius 1 is 0.842 bits per heavy atom. The molecule has 0 bridgehead atoms. The van der Waals surface area contributed by atoms with Gasteiger partial charge in [0.05, 0.1) is 0 Å². The van der Waals surface area contributed by atoms with E-state index in [1.807, 2.05) is 0 Å². The van der Waals surface area contributed by atoms with Gasteiger partial charge in [-0.05, 0) is 19.1 Å². The van der Waals surface area contributed by atoms with Gasteiger partial charge in [-0.15, -0.1) is 0 Å². The van der Waals surface area contributed by atoms with Crippen molar-refractivity contribution in [2.24, 2.45) is 0 Å². The van der Waals surface area contributed by atoms with Crippen LogP contribution in [-0.4, -0.2) is 22.2 Å². The Hall–Kier alpha value is -1.54. The molecule has 0 fully saturated rings. The zero-order chi connectivity index (χ0) is 14.0. The molecule has 0 spiro atoms. The zero-order valence-electron chi connectivity index (χ0n) is 12.6. The fourth-order valence-electron chi connectivity index (χ4n) is 2.31. The van der Waals surface area contributed by atoms with Crippen LogP contribution >= 0.6 is 0 Å². The van der Waals surface area contributed by atoms with Gasteiger partial charge in [-0.1, -0.05) is 65.4 Å². The molecular formula is C17H23NSi. The summed E-state index contributed by atoms with van der Waals surface area (Å²) in [5.41, 5.74) is 2.61. The molecule has 0 aliphatic carbocycles. The number of nitrogens with zero attached hydrogens (tertiary/aromatic N) is 1. The Balaban J connectivity index is 2.43. The second-order valence-corrected chi connectivity index (χ2v) is 10.3. The van der Waals surface area contributed by atoms with Crippen LogP contribution in [0.2, 0.25) is 13.1 Å². The minimum Gasteiger partial charge on any atom is -0.378 e. The molecule has 0 aliphatic rings. The van der Waals surface area contributed by atoms with Gasteiger partial charge in [0.15, 0.2) is 0 Å². The van der Waals surface area contributed by atoms with E-state index in [1.54, 1.807) is 0 Å². The van der Waals surface area contributed by atoms with Crippen LogP contribution in [-0.2, 0) is 0 Å². The van der Waals surface area contributed by atoms with Gasteiger partial charge in [0.25, 0.3) is 0 Å². The fraction of sp³-hybridized carbons (Fsp3) is 0.294. The molecule has 2 aromatic carbocycles. The van der Waals surface area contributed by atoms with E-state index in [1.165, 1.54) is 21.6 Å². The van der Waals surface area contributed by atoms with Crippen molar-refractivity contribution in [3.05, 3.63) is 54.1 Å². The third kappa shape index (κ3) is 2.90. The van der Waals surface area contributed by atoms with Crippen LogP contribution < -0.4 is 15.3 Å². The lowest BCUT2D eigenvalue weighted by Gasteiger charge is -2.25. The normalized spacial score (nSPS) is 11.4. The summed E-state index contributed by atoms with van der Waals surface area (Å²) in [6.45, 7) is 6.99. The van der Waals surface area contributed by atoms with E-state index >= 15 is 0 Å². The number of hydrogen-bond donors (Lipinski definition) is 0. The van der Waals surface area contributed by atoms with E-state index in [2.05, 4.69) is 87.5 Å². The molecule has 19 heavy (non-hydrogen) atoms. The largest absolute Gasteiger partial charge is 0.378 e. The first-order valence-electron chi connectivity index (χ1n) is 6.76. The maximum Gasteiger partial charge on any atom is 0.112 e. The molecule has 2 rings (SSSR count). The maximum atomic E-state index is 2.42. The van der Waals surface area contributed by atoms with E-state index in [-0.39, 0.29) is 0 Å². The Morgan fingerprint density at radius 2 is 1.47 bits per heavy atom. The Morgan fingerprint density at radius 3 is 2.05 bits per heavy atom. The van der Waals surface area contributed by atoms with Gasteiger partial charge < -0.3 is 4.90 Å². The molecule has 0 aromatic heterocycles. The Labute approximate surface area is 117 Å². The van der Waals surface area contributed by atoms with Crippen molar-refractivity contribution in [2.45, 2.75) is 20.0 Å². The van der Waals surface area contributed by atoms with Crippen LogP contribution in [0.1, 0.15) is 5.56 Å². The van der Waals surface area contributed by atoms with Gasteiger partial charge in [-0.3, -0.25) is 0 Å². The highest BCUT2D eigenvalue weighted by Gasteiger charge is 2.26. The predicted molar refractivity (Wildman–Crippen MR) is 88.7 cm³/mol. The predicted octanol–water partition coefficient (Wildman–Crippen LogP) is 2.88. The number of rotatable bonds is 3. The summed E-state index contributed by atoms with van der Waals surface area (Å²) in [6, 6.07) is 18.0. The van der Waals surface area contributed by atoms with Crippen molar-refractivity contribution >= 4 is 24.1 Å². The van der Waals surface area contributed by atoms with E-state index in [0.717, 1.165) is 0 Å². The summed E-state index contributed by atoms with van der Waals surface area (Å²) in [5.74, 6) is 0. The smallest absolute Gasteiger partial charge is 0.112 e. The second-order valence-electron chi connectivity index (χ2n) is 5.94. The number of aryl methyl sites for hydroxylation is 1. The first kappa shape index (κ1) is 13.9. The van der Waals surface area contributed by atoms with Gasteiger partial charge in [0.1, 0.15) is 8.07 Å². The lowest BCUT2D eigenvalue weighted by Crippen LogP contribution is -2.52. The van der Waals surface area contributed by atoms with Crippen LogP contribution in [0.3, 0.4) is 0 Å². The van der Waals surface area contributed by atoms with Crippen molar-refractivity contribution in [3.8, 4) is 0 Å². The van der Waals surface area contributed by atoms with Crippen molar-refractivity contribution in [1.29, 1.82) is 0 Å². The zero-order valence-corrected chi connectivity index (χ0v) is 13.6. The van der Waals surface area contributed by atoms with Crippen molar-refractivity contribution in [3.63, 3.8) is 0 Å². The summed E-state index contributed by atoms with van der Waals surface area (Å²) in [5, 5.41) is 2.98. The van der Waals surface area contributed by atoms with Gasteiger partial charge >= 0.3 is 0 Å². The van der Waals surface area contributed by atoms with Crippen molar-refractivity contribution in [2.75, 3.05) is 19.0 Å². The summed E-state index contributed by atoms with van der Waals surface area (Å²) in [4.78, 5) is 2.17. The van der Waals surface area contributed by atoms with Crippen LogP contribution in [0.4, 0.5) is 5.69 Å². The molecule has 0 saturated carbocycles. The maximum absolute atomic E-state index is 2.42. The van der Waals surface area contributed by atoms with E-state index < -0.39 is 8.07 Å². The molecule has 0 aliphatic heterocycles. The van der Waals surface area contributed by atoms with Crippen molar-refractivity contribution < 1.29 is 0 Å². The standard InChI is InChI=1S/C17H23NSi/c1-14-9-11-16(12-10-14)19(4,5)17-8-6-7-15(13-17)18(2)3/h6-13H,1-5H3. The summed E-state index contributed by atoms with van der Waals surface area (Å²) in [6.07, 6.45) is 0. The molecule has 0 atom stereocenters. The highest BCUT2D eigenvalue weighted by atomic mass is 28.3. The van der Waals surface area contributed by atoms with Crippen LogP contribution in [0.5, 0.6) is 0 Å². The number of hydrogen-bond acceptors (Lipinski definition) is 1. The third-order valence-electron chi connectivity index (χ3n) is 3.86. The second kappa shape index (κ2) is 5.22. The highest BCUT2D eigenvalue weighted by molar-refractivity contribution is 7.00. The average Bonchev–Trinajstić information content (AvgIpc) is 2.39. The summed E-state index contributed by atoms with van der Waals surface area (Å²) >= 11 is 0. The molecular weight excluding hydrogens is 246 g/mol. The molecule has 2 aromatic rings. The quantitative estimate of drug-likeness (QED) is 0.775. The van der Waals surface area contributed by atoms with E-state index in [0.29, 0.717) is 0 Å². The first-order valence-corrected chi connectivity index (χ1v) is 9.76. The average molecular weight is 269 g/mol. The first-order chi connectivity index (χ1) is 8.91. The van der Waals surface area contributed by atoms with E-state index in [9.17, 15) is 0 Å². The minimum atomic E-state index is -1.58. The van der Waals surface area contributed by atoms with Gasteiger partial charge in [0, 0.05) is 19.8 Å². The topological polar surface area (TPSA) is 3.24 Å². The van der Waals surface area contributed by atoms with Gasteiger partial charge in [-0.2, -0.15) is 0 Å². The van der Waals surface area contributed by atoms with Crippen LogP contribution in [0.25, 0.3) is 0 Å². The molecule has 0 unspecified atom stereocenters. The highest BCUT2D eigenvalue weighted by Crippen LogP contribution is 2.12. The third-order valence-corrected chi connectivity index (χ3v) is 7.39. The van der Waals surface area contributed by atoms with Crippen LogP contribution in [0, 0.1) is 6.92 Å². The van der Waals surface area contributed by atoms with Gasteiger partial charge in [-0.25, -0.2) is 0 Å². The molecule has 0 N–H and O–H groups in total. The fourth-order valence-corrected chi connectivity index (χ4v) is 4.66. The van der Waals surface area contributed by atoms with Crippen molar-refractivity contribution in [1.82, 2.24) is 0 Å². The molecule has 0 radical (unpaired) electrons. The molecule has 100 valence electrons. The number of benzene rings is 2. The Kier molecular flexibility index (Phi) is 3.81. The lowest BCUT2D eigenvalue weighted by atomic mass is 10.2. The van der Waals surface area contributed by atoms with Crippen LogP contribution in [0.15, 0.2) is 48.5 Å². The number of anilines is 1. The molecule has 0 heterocycles.